The summed E-state index contributed by atoms with van der Waals surface area (Å²) in [4.78, 5) is 12.1. The molecule has 31 heavy (non-hydrogen) atoms. The van der Waals surface area contributed by atoms with Crippen molar-refractivity contribution >= 4 is 22.5 Å². The topological polar surface area (TPSA) is 92.3 Å². The Morgan fingerprint density at radius 3 is 2.16 bits per heavy atom. The van der Waals surface area contributed by atoms with Gasteiger partial charge in [0.05, 0.1) is 28.3 Å². The van der Waals surface area contributed by atoms with E-state index in [4.69, 9.17) is 5.73 Å². The van der Waals surface area contributed by atoms with Gasteiger partial charge in [0.25, 0.3) is 0 Å². The van der Waals surface area contributed by atoms with Crippen LogP contribution < -0.4 is 11.1 Å². The Hall–Kier alpha value is -2.19. The lowest BCUT2D eigenvalue weighted by Crippen LogP contribution is -2.43. The lowest BCUT2D eigenvalue weighted by Gasteiger charge is -2.23. The van der Waals surface area contributed by atoms with Gasteiger partial charge in [0, 0.05) is 32.7 Å². The van der Waals surface area contributed by atoms with Gasteiger partial charge in [-0.2, -0.15) is 0 Å². The summed E-state index contributed by atoms with van der Waals surface area (Å²) in [5, 5.41) is 3.19. The summed E-state index contributed by atoms with van der Waals surface area (Å²) < 4.78 is 17.4. The van der Waals surface area contributed by atoms with Crippen LogP contribution in [0.2, 0.25) is 0 Å². The molecule has 8 heteroatoms. The van der Waals surface area contributed by atoms with E-state index in [0.29, 0.717) is 21.5 Å². The van der Waals surface area contributed by atoms with Crippen molar-refractivity contribution in [1.82, 2.24) is 10.2 Å². The third-order valence-corrected chi connectivity index (χ3v) is 5.21. The van der Waals surface area contributed by atoms with Gasteiger partial charge >= 0.3 is 0 Å². The smallest absolute Gasteiger partial charge is 0.128 e. The first-order valence-electron chi connectivity index (χ1n) is 10.8. The van der Waals surface area contributed by atoms with Crippen LogP contribution in [0.1, 0.15) is 48.5 Å². The van der Waals surface area contributed by atoms with Gasteiger partial charge in [-0.25, -0.2) is 9.20 Å². The minimum absolute atomic E-state index is 0.115. The van der Waals surface area contributed by atoms with Crippen LogP contribution >= 0.6 is 0 Å². The van der Waals surface area contributed by atoms with E-state index in [-0.39, 0.29) is 12.6 Å². The van der Waals surface area contributed by atoms with Crippen LogP contribution in [0.15, 0.2) is 55.9 Å². The van der Waals surface area contributed by atoms with E-state index in [1.54, 1.807) is 7.11 Å². The molecule has 1 aliphatic rings. The number of hydrogen-bond acceptors (Lipinski definition) is 7. The number of benzene rings is 1. The van der Waals surface area contributed by atoms with Gasteiger partial charge in [0.15, 0.2) is 0 Å². The van der Waals surface area contributed by atoms with Crippen molar-refractivity contribution in [3.8, 4) is 0 Å². The Labute approximate surface area is 192 Å². The zero-order chi connectivity index (χ0) is 24.4. The monoisotopic (exact) mass is 453 g/mol. The number of aliphatic imine (C=N–C) groups is 2. The summed E-state index contributed by atoms with van der Waals surface area (Å²) in [6.45, 7) is 14.8. The quantitative estimate of drug-likeness (QED) is 0.722. The minimum Gasteiger partial charge on any atom is -0.385 e. The number of amidine groups is 2. The molecule has 0 bridgehead atoms. The fourth-order valence-corrected chi connectivity index (χ4v) is 3.41. The van der Waals surface area contributed by atoms with E-state index in [1.165, 1.54) is 0 Å². The highest BCUT2D eigenvalue weighted by Crippen LogP contribution is 2.17. The summed E-state index contributed by atoms with van der Waals surface area (Å²) in [5.74, 6) is 1.85. The van der Waals surface area contributed by atoms with Gasteiger partial charge in [-0.05, 0) is 32.9 Å². The molecule has 0 spiro atoms. The van der Waals surface area contributed by atoms with Gasteiger partial charge in [0.1, 0.15) is 17.5 Å². The predicted octanol–water partition coefficient (Wildman–Crippen LogP) is 4.00. The number of nitrogens with two attached hydrogens (primary N) is 1. The first kappa shape index (κ1) is 31.0. The average molecular weight is 454 g/mol. The molecule has 0 radical (unpaired) electrons. The number of likely N-dealkylation sites (N-methyl/N-ethyl adjacent to an activating group) is 1. The molecular formula is C23H43N5O2S. The van der Waals surface area contributed by atoms with E-state index < -0.39 is 10.8 Å². The van der Waals surface area contributed by atoms with Crippen molar-refractivity contribution < 1.29 is 8.95 Å². The fraction of sp³-hybridized carbons (Fsp3) is 0.565. The normalized spacial score (nSPS) is 18.8. The Kier molecular flexibility index (Phi) is 18.6. The molecule has 0 fully saturated rings. The molecule has 7 nitrogen and oxygen atoms in total. The lowest BCUT2D eigenvalue weighted by molar-refractivity contribution is 0.215. The molecule has 0 aliphatic carbocycles. The first-order valence-corrected chi connectivity index (χ1v) is 11.9. The SMILES string of the molecule is CC.CC.CC1=NC/C(S(=O)c2ccccc2)=C(/N)NC(C)C(N(C)C)=N1.CCOC. The molecule has 1 aromatic rings. The molecule has 0 saturated carbocycles. The Bertz CT molecular complexity index is 714. The molecule has 3 N–H and O–H groups in total. The molecule has 2 rings (SSSR count). The van der Waals surface area contributed by atoms with Crippen LogP contribution in [0, 0.1) is 0 Å². The van der Waals surface area contributed by atoms with E-state index in [0.717, 1.165) is 12.4 Å². The van der Waals surface area contributed by atoms with Crippen LogP contribution in [-0.2, 0) is 15.5 Å². The number of nitrogens with one attached hydrogen (secondary N) is 1. The van der Waals surface area contributed by atoms with Crippen molar-refractivity contribution in [2.24, 2.45) is 15.7 Å². The second-order valence-electron chi connectivity index (χ2n) is 6.09. The van der Waals surface area contributed by atoms with Crippen LogP contribution in [0.25, 0.3) is 0 Å². The number of hydrogen-bond donors (Lipinski definition) is 2. The van der Waals surface area contributed by atoms with Crippen LogP contribution in [0.3, 0.4) is 0 Å². The molecule has 2 atom stereocenters. The summed E-state index contributed by atoms with van der Waals surface area (Å²) in [6.07, 6.45) is 0. The Morgan fingerprint density at radius 1 is 1.19 bits per heavy atom. The molecular weight excluding hydrogens is 410 g/mol. The molecule has 1 heterocycles. The molecule has 2 unspecified atom stereocenters. The van der Waals surface area contributed by atoms with Gasteiger partial charge in [-0.3, -0.25) is 4.99 Å². The zero-order valence-corrected chi connectivity index (χ0v) is 21.8. The lowest BCUT2D eigenvalue weighted by atomic mass is 10.3. The molecule has 1 aliphatic heterocycles. The number of methoxy groups -OCH3 is 1. The maximum Gasteiger partial charge on any atom is 0.128 e. The second kappa shape index (κ2) is 18.6. The zero-order valence-electron chi connectivity index (χ0n) is 21.0. The maximum absolute atomic E-state index is 12.8. The largest absolute Gasteiger partial charge is 0.385 e. The van der Waals surface area contributed by atoms with Crippen molar-refractivity contribution in [3.05, 3.63) is 41.1 Å². The van der Waals surface area contributed by atoms with E-state index in [1.807, 2.05) is 97.8 Å². The van der Waals surface area contributed by atoms with Crippen LogP contribution in [-0.4, -0.2) is 61.2 Å². The molecule has 1 aromatic carbocycles. The highest BCUT2D eigenvalue weighted by molar-refractivity contribution is 7.89. The van der Waals surface area contributed by atoms with Crippen LogP contribution in [0.5, 0.6) is 0 Å². The minimum atomic E-state index is -1.36. The summed E-state index contributed by atoms with van der Waals surface area (Å²) >= 11 is 0. The van der Waals surface area contributed by atoms with E-state index >= 15 is 0 Å². The Morgan fingerprint density at radius 2 is 1.71 bits per heavy atom. The highest BCUT2D eigenvalue weighted by Gasteiger charge is 2.20. The second-order valence-corrected chi connectivity index (χ2v) is 7.59. The standard InChI is InChI=1S/C16H23N5OS.C3H8O.2C2H6/c1-11-16(21(3)4)20-12(2)18-10-14(15(17)19-11)23(22)13-8-6-5-7-9-13;1-3-4-2;2*1-2/h5-9,11,19H,10,17H2,1-4H3;3H2,1-2H3;2*1-2H3/b15-14+,18-12?,20-16?;;;. The highest BCUT2D eigenvalue weighted by atomic mass is 32.2. The van der Waals surface area contributed by atoms with Crippen molar-refractivity contribution in [2.75, 3.05) is 34.4 Å². The van der Waals surface area contributed by atoms with Crippen molar-refractivity contribution in [2.45, 2.75) is 59.4 Å². The van der Waals surface area contributed by atoms with Crippen molar-refractivity contribution in [1.29, 1.82) is 0 Å². The van der Waals surface area contributed by atoms with Gasteiger partial charge < -0.3 is 20.7 Å². The fourth-order valence-electron chi connectivity index (χ4n) is 2.28. The molecule has 0 saturated heterocycles. The maximum atomic E-state index is 12.8. The summed E-state index contributed by atoms with van der Waals surface area (Å²) in [7, 11) is 4.17. The van der Waals surface area contributed by atoms with E-state index in [2.05, 4.69) is 20.0 Å². The third kappa shape index (κ3) is 11.7. The Balaban J connectivity index is 0. The molecule has 0 amide bonds. The predicted molar refractivity (Wildman–Crippen MR) is 136 cm³/mol. The van der Waals surface area contributed by atoms with E-state index in [9.17, 15) is 4.21 Å². The van der Waals surface area contributed by atoms with Crippen LogP contribution in [0.4, 0.5) is 0 Å². The summed E-state index contributed by atoms with van der Waals surface area (Å²) in [5.41, 5.74) is 6.19. The number of ether oxygens (including phenoxy) is 1. The molecule has 178 valence electrons. The number of rotatable bonds is 3. The molecule has 0 aromatic heterocycles. The number of nitrogens with zero attached hydrogens (tertiary/aromatic N) is 3. The van der Waals surface area contributed by atoms with Gasteiger partial charge in [-0.15, -0.1) is 0 Å². The summed E-state index contributed by atoms with van der Waals surface area (Å²) in [6, 6.07) is 9.14. The van der Waals surface area contributed by atoms with Gasteiger partial charge in [0.2, 0.25) is 0 Å². The average Bonchev–Trinajstić information content (AvgIpc) is 2.85. The third-order valence-electron chi connectivity index (χ3n) is 3.72. The van der Waals surface area contributed by atoms with Crippen molar-refractivity contribution in [3.63, 3.8) is 0 Å². The van der Waals surface area contributed by atoms with Gasteiger partial charge in [-0.1, -0.05) is 45.9 Å². The first-order chi connectivity index (χ1) is 14.8.